The summed E-state index contributed by atoms with van der Waals surface area (Å²) >= 11 is 0. The molecule has 2 saturated carbocycles. The Bertz CT molecular complexity index is 1450. The molecule has 0 amide bonds. The van der Waals surface area contributed by atoms with Crippen molar-refractivity contribution in [1.29, 1.82) is 5.26 Å². The Hall–Kier alpha value is -3.57. The van der Waals surface area contributed by atoms with Gasteiger partial charge in [-0.15, -0.1) is 12.4 Å². The molecule has 0 unspecified atom stereocenters. The summed E-state index contributed by atoms with van der Waals surface area (Å²) < 4.78 is 29.5. The number of nitrogens with one attached hydrogen (secondary N) is 1. The fourth-order valence-corrected chi connectivity index (χ4v) is 4.90. The van der Waals surface area contributed by atoms with E-state index in [1.165, 1.54) is 5.56 Å². The number of aromatic nitrogens is 4. The Kier molecular flexibility index (Phi) is 6.35. The van der Waals surface area contributed by atoms with Crippen molar-refractivity contribution in [2.24, 2.45) is 0 Å². The average molecular weight is 507 g/mol. The first-order valence-corrected chi connectivity index (χ1v) is 12.0. The lowest BCUT2D eigenvalue weighted by molar-refractivity contribution is -0.0436. The maximum Gasteiger partial charge on any atom is 0.248 e. The molecule has 1 N–H and O–H groups in total. The van der Waals surface area contributed by atoms with Crippen molar-refractivity contribution in [3.63, 3.8) is 0 Å². The van der Waals surface area contributed by atoms with Gasteiger partial charge in [-0.25, -0.2) is 23.7 Å². The number of benzene rings is 1. The standard InChI is InChI=1S/C27H24F2N6.ClH/c28-27(29)8-5-21(6-9-27)35-16-32-22-4-3-19(13-24(22)35)23-12-20(18-1-2-18)14-26(33-23)34-25-11-17(15-30)7-10-31-25;/h3-4,7,10-14,16,18,21H,1-2,5-6,8-9H2,(H,31,33,34);1H. The van der Waals surface area contributed by atoms with E-state index in [4.69, 9.17) is 4.98 Å². The van der Waals surface area contributed by atoms with Crippen LogP contribution < -0.4 is 5.32 Å². The van der Waals surface area contributed by atoms with Crippen LogP contribution in [-0.2, 0) is 0 Å². The third-order valence-corrected chi connectivity index (χ3v) is 6.99. The molecular formula is C27H25ClF2N6. The van der Waals surface area contributed by atoms with E-state index in [1.807, 2.05) is 18.2 Å². The number of nitrogens with zero attached hydrogens (tertiary/aromatic N) is 5. The molecule has 2 aliphatic rings. The molecule has 184 valence electrons. The zero-order valence-electron chi connectivity index (χ0n) is 19.5. The van der Waals surface area contributed by atoms with Gasteiger partial charge in [-0.3, -0.25) is 0 Å². The summed E-state index contributed by atoms with van der Waals surface area (Å²) in [7, 11) is 0. The normalized spacial score (nSPS) is 17.4. The van der Waals surface area contributed by atoms with Crippen LogP contribution in [0.4, 0.5) is 20.4 Å². The number of pyridine rings is 2. The molecule has 6 rings (SSSR count). The van der Waals surface area contributed by atoms with Gasteiger partial charge in [-0.1, -0.05) is 6.07 Å². The van der Waals surface area contributed by atoms with Crippen molar-refractivity contribution in [3.8, 4) is 17.3 Å². The van der Waals surface area contributed by atoms with Crippen LogP contribution in [0.3, 0.4) is 0 Å². The Morgan fingerprint density at radius 1 is 0.972 bits per heavy atom. The number of hydrogen-bond acceptors (Lipinski definition) is 5. The summed E-state index contributed by atoms with van der Waals surface area (Å²) in [5, 5.41) is 12.4. The molecule has 0 spiro atoms. The molecule has 4 aromatic rings. The molecule has 0 bridgehead atoms. The molecular weight excluding hydrogens is 482 g/mol. The van der Waals surface area contributed by atoms with Gasteiger partial charge in [-0.2, -0.15) is 5.26 Å². The van der Waals surface area contributed by atoms with E-state index in [0.717, 1.165) is 35.1 Å². The number of rotatable bonds is 5. The fourth-order valence-electron chi connectivity index (χ4n) is 4.90. The van der Waals surface area contributed by atoms with Crippen molar-refractivity contribution < 1.29 is 8.78 Å². The Labute approximate surface area is 213 Å². The van der Waals surface area contributed by atoms with Gasteiger partial charge in [0.15, 0.2) is 0 Å². The third kappa shape index (κ3) is 4.89. The van der Waals surface area contributed by atoms with Gasteiger partial charge in [0.05, 0.1) is 34.7 Å². The molecule has 0 saturated heterocycles. The third-order valence-electron chi connectivity index (χ3n) is 6.99. The van der Waals surface area contributed by atoms with Crippen molar-refractivity contribution >= 4 is 35.1 Å². The minimum atomic E-state index is -2.56. The zero-order valence-corrected chi connectivity index (χ0v) is 20.3. The van der Waals surface area contributed by atoms with E-state index in [-0.39, 0.29) is 31.3 Å². The average Bonchev–Trinajstić information content (AvgIpc) is 3.64. The van der Waals surface area contributed by atoms with Gasteiger partial charge in [-0.05, 0) is 73.6 Å². The highest BCUT2D eigenvalue weighted by atomic mass is 35.5. The predicted octanol–water partition coefficient (Wildman–Crippen LogP) is 7.16. The minimum Gasteiger partial charge on any atom is -0.327 e. The number of nitriles is 1. The summed E-state index contributed by atoms with van der Waals surface area (Å²) in [6.45, 7) is 0. The van der Waals surface area contributed by atoms with Gasteiger partial charge < -0.3 is 9.88 Å². The number of fused-ring (bicyclic) bond motifs is 1. The highest BCUT2D eigenvalue weighted by Crippen LogP contribution is 2.43. The minimum absolute atomic E-state index is 0. The number of hydrogen-bond donors (Lipinski definition) is 1. The first-order chi connectivity index (χ1) is 17.0. The van der Waals surface area contributed by atoms with Gasteiger partial charge in [0.1, 0.15) is 11.6 Å². The largest absolute Gasteiger partial charge is 0.327 e. The lowest BCUT2D eigenvalue weighted by Gasteiger charge is -2.29. The summed E-state index contributed by atoms with van der Waals surface area (Å²) in [5.74, 6) is -0.794. The van der Waals surface area contributed by atoms with E-state index in [0.29, 0.717) is 36.0 Å². The number of halogens is 3. The molecule has 0 atom stereocenters. The first-order valence-electron chi connectivity index (χ1n) is 12.0. The monoisotopic (exact) mass is 506 g/mol. The molecule has 2 aliphatic carbocycles. The highest BCUT2D eigenvalue weighted by Gasteiger charge is 2.35. The molecule has 36 heavy (non-hydrogen) atoms. The molecule has 0 radical (unpaired) electrons. The van der Waals surface area contributed by atoms with Crippen molar-refractivity contribution in [1.82, 2.24) is 19.5 Å². The Morgan fingerprint density at radius 3 is 2.53 bits per heavy atom. The van der Waals surface area contributed by atoms with Crippen molar-refractivity contribution in [2.75, 3.05) is 5.32 Å². The molecule has 3 aromatic heterocycles. The van der Waals surface area contributed by atoms with E-state index in [9.17, 15) is 14.0 Å². The van der Waals surface area contributed by atoms with Crippen LogP contribution in [0.2, 0.25) is 0 Å². The van der Waals surface area contributed by atoms with E-state index < -0.39 is 5.92 Å². The quantitative estimate of drug-likeness (QED) is 0.310. The van der Waals surface area contributed by atoms with Crippen LogP contribution in [0.15, 0.2) is 55.0 Å². The molecule has 3 heterocycles. The van der Waals surface area contributed by atoms with Gasteiger partial charge in [0, 0.05) is 30.6 Å². The zero-order chi connectivity index (χ0) is 24.0. The lowest BCUT2D eigenvalue weighted by atomic mass is 9.92. The van der Waals surface area contributed by atoms with Crippen LogP contribution in [0, 0.1) is 11.3 Å². The number of imidazole rings is 1. The Morgan fingerprint density at radius 2 is 1.78 bits per heavy atom. The first kappa shape index (κ1) is 24.1. The molecule has 1 aromatic carbocycles. The molecule has 6 nitrogen and oxygen atoms in total. The van der Waals surface area contributed by atoms with E-state index >= 15 is 0 Å². The SMILES string of the molecule is Cl.N#Cc1ccnc(Nc2cc(C3CC3)cc(-c3ccc4ncn(C5CCC(F)(F)CC5)c4c3)n2)c1. The van der Waals surface area contributed by atoms with Crippen LogP contribution in [0.25, 0.3) is 22.3 Å². The lowest BCUT2D eigenvalue weighted by Crippen LogP contribution is -2.26. The number of alkyl halides is 2. The molecule has 9 heteroatoms. The maximum atomic E-state index is 13.7. The van der Waals surface area contributed by atoms with Gasteiger partial charge >= 0.3 is 0 Å². The van der Waals surface area contributed by atoms with E-state index in [1.54, 1.807) is 24.7 Å². The van der Waals surface area contributed by atoms with Crippen molar-refractivity contribution in [3.05, 3.63) is 66.1 Å². The predicted molar refractivity (Wildman–Crippen MR) is 137 cm³/mol. The van der Waals surface area contributed by atoms with Gasteiger partial charge in [0.25, 0.3) is 0 Å². The fraction of sp³-hybridized carbons (Fsp3) is 0.333. The summed E-state index contributed by atoms with van der Waals surface area (Å²) in [5.41, 5.74) is 5.31. The Balaban J connectivity index is 0.00000267. The second-order valence-electron chi connectivity index (χ2n) is 9.55. The van der Waals surface area contributed by atoms with Crippen LogP contribution in [0.5, 0.6) is 0 Å². The maximum absolute atomic E-state index is 13.7. The second-order valence-corrected chi connectivity index (χ2v) is 9.55. The second kappa shape index (κ2) is 9.47. The topological polar surface area (TPSA) is 79.4 Å². The van der Waals surface area contributed by atoms with Crippen LogP contribution in [-0.4, -0.2) is 25.4 Å². The van der Waals surface area contributed by atoms with Crippen LogP contribution in [0.1, 0.15) is 61.6 Å². The molecule has 0 aliphatic heterocycles. The van der Waals surface area contributed by atoms with Crippen molar-refractivity contribution in [2.45, 2.75) is 56.4 Å². The van der Waals surface area contributed by atoms with E-state index in [2.05, 4.69) is 38.1 Å². The van der Waals surface area contributed by atoms with Gasteiger partial charge in [0.2, 0.25) is 5.92 Å². The molecule has 2 fully saturated rings. The van der Waals surface area contributed by atoms with Crippen LogP contribution >= 0.6 is 12.4 Å². The smallest absolute Gasteiger partial charge is 0.248 e. The summed E-state index contributed by atoms with van der Waals surface area (Å²) in [6.07, 6.45) is 6.41. The highest BCUT2D eigenvalue weighted by molar-refractivity contribution is 5.85. The summed E-state index contributed by atoms with van der Waals surface area (Å²) in [6, 6.07) is 15.7. The summed E-state index contributed by atoms with van der Waals surface area (Å²) in [4.78, 5) is 13.7. The number of anilines is 2.